The Labute approximate surface area is 152 Å². The van der Waals surface area contributed by atoms with E-state index in [4.69, 9.17) is 0 Å². The molecule has 0 saturated heterocycles. The fourth-order valence-electron chi connectivity index (χ4n) is 3.00. The highest BCUT2D eigenvalue weighted by Crippen LogP contribution is 2.19. The van der Waals surface area contributed by atoms with E-state index >= 15 is 0 Å². The minimum atomic E-state index is -0.224. The van der Waals surface area contributed by atoms with Crippen molar-refractivity contribution in [1.82, 2.24) is 20.6 Å². The second-order valence-corrected chi connectivity index (χ2v) is 6.23. The number of hydrogen-bond acceptors (Lipinski definition) is 2. The molecule has 6 heteroatoms. The molecule has 5 nitrogen and oxygen atoms in total. The molecule has 0 spiro atoms. The lowest BCUT2D eigenvalue weighted by Gasteiger charge is -2.12. The van der Waals surface area contributed by atoms with E-state index in [1.807, 2.05) is 30.7 Å². The van der Waals surface area contributed by atoms with Crippen LogP contribution in [0.25, 0.3) is 10.9 Å². The molecular weight excluding hydrogens is 329 g/mol. The van der Waals surface area contributed by atoms with Crippen LogP contribution in [0.15, 0.2) is 47.8 Å². The van der Waals surface area contributed by atoms with Crippen LogP contribution in [0, 0.1) is 12.7 Å². The van der Waals surface area contributed by atoms with E-state index in [9.17, 15) is 4.39 Å². The normalized spacial score (nSPS) is 11.7. The number of hydrogen-bond donors (Lipinski definition) is 3. The van der Waals surface area contributed by atoms with Gasteiger partial charge >= 0.3 is 0 Å². The Morgan fingerprint density at radius 3 is 2.65 bits per heavy atom. The molecule has 26 heavy (non-hydrogen) atoms. The number of aromatic nitrogens is 2. The highest BCUT2D eigenvalue weighted by atomic mass is 19.1. The number of nitrogens with zero attached hydrogens (tertiary/aromatic N) is 2. The number of aryl methyl sites for hydroxylation is 1. The van der Waals surface area contributed by atoms with Crippen molar-refractivity contribution in [3.63, 3.8) is 0 Å². The largest absolute Gasteiger partial charge is 0.361 e. The van der Waals surface area contributed by atoms with E-state index in [-0.39, 0.29) is 5.82 Å². The molecule has 0 atom stereocenters. The van der Waals surface area contributed by atoms with Gasteiger partial charge < -0.3 is 15.6 Å². The average molecular weight is 353 g/mol. The first-order valence-electron chi connectivity index (χ1n) is 8.77. The van der Waals surface area contributed by atoms with Gasteiger partial charge in [0.25, 0.3) is 0 Å². The summed E-state index contributed by atoms with van der Waals surface area (Å²) in [6.45, 7) is 3.62. The van der Waals surface area contributed by atoms with Crippen molar-refractivity contribution in [2.75, 3.05) is 20.1 Å². The van der Waals surface area contributed by atoms with Gasteiger partial charge in [0, 0.05) is 49.6 Å². The van der Waals surface area contributed by atoms with Crippen LogP contribution in [0.2, 0.25) is 0 Å². The molecule has 0 aliphatic carbocycles. The summed E-state index contributed by atoms with van der Waals surface area (Å²) in [6, 6.07) is 6.89. The predicted octanol–water partition coefficient (Wildman–Crippen LogP) is 2.96. The minimum absolute atomic E-state index is 0.224. The molecule has 136 valence electrons. The summed E-state index contributed by atoms with van der Waals surface area (Å²) in [5.74, 6) is 0.556. The van der Waals surface area contributed by atoms with Crippen LogP contribution in [0.3, 0.4) is 0 Å². The number of fused-ring (bicyclic) bond motifs is 1. The minimum Gasteiger partial charge on any atom is -0.361 e. The molecule has 3 N–H and O–H groups in total. The van der Waals surface area contributed by atoms with Gasteiger partial charge in [-0.15, -0.1) is 0 Å². The molecule has 2 aromatic heterocycles. The molecule has 3 aromatic rings. The maximum atomic E-state index is 13.3. The summed E-state index contributed by atoms with van der Waals surface area (Å²) in [5, 5.41) is 7.71. The first-order valence-corrected chi connectivity index (χ1v) is 8.77. The highest BCUT2D eigenvalue weighted by Gasteiger charge is 2.05. The summed E-state index contributed by atoms with van der Waals surface area (Å²) < 4.78 is 13.3. The Hall–Kier alpha value is -2.89. The Bertz CT molecular complexity index is 900. The van der Waals surface area contributed by atoms with E-state index in [1.165, 1.54) is 23.3 Å². The lowest BCUT2D eigenvalue weighted by molar-refractivity contribution is 0.629. The van der Waals surface area contributed by atoms with Crippen LogP contribution >= 0.6 is 0 Å². The van der Waals surface area contributed by atoms with Gasteiger partial charge in [-0.05, 0) is 60.7 Å². The summed E-state index contributed by atoms with van der Waals surface area (Å²) in [4.78, 5) is 11.5. The molecule has 1 aromatic carbocycles. The van der Waals surface area contributed by atoms with Crippen molar-refractivity contribution < 1.29 is 4.39 Å². The number of H-pyrrole nitrogens is 1. The SMILES string of the molecule is CN=C(NCCc1ccncc1C)NCCc1c[nH]c2cc(F)ccc12. The number of rotatable bonds is 6. The number of pyridine rings is 1. The van der Waals surface area contributed by atoms with E-state index < -0.39 is 0 Å². The van der Waals surface area contributed by atoms with Crippen LogP contribution in [-0.4, -0.2) is 36.1 Å². The van der Waals surface area contributed by atoms with Crippen LogP contribution in [0.4, 0.5) is 4.39 Å². The number of benzene rings is 1. The Balaban J connectivity index is 1.47. The van der Waals surface area contributed by atoms with E-state index in [0.717, 1.165) is 48.4 Å². The lowest BCUT2D eigenvalue weighted by atomic mass is 10.1. The van der Waals surface area contributed by atoms with Gasteiger partial charge in [0.2, 0.25) is 0 Å². The number of aromatic amines is 1. The molecule has 2 heterocycles. The van der Waals surface area contributed by atoms with Crippen LogP contribution in [-0.2, 0) is 12.8 Å². The maximum Gasteiger partial charge on any atom is 0.190 e. The molecule has 0 aliphatic heterocycles. The first kappa shape index (κ1) is 17.9. The number of aliphatic imine (C=N–C) groups is 1. The zero-order valence-corrected chi connectivity index (χ0v) is 15.1. The monoisotopic (exact) mass is 353 g/mol. The van der Waals surface area contributed by atoms with Crippen LogP contribution in [0.5, 0.6) is 0 Å². The second kappa shape index (κ2) is 8.47. The molecule has 0 aliphatic rings. The predicted molar refractivity (Wildman–Crippen MR) is 104 cm³/mol. The van der Waals surface area contributed by atoms with E-state index in [1.54, 1.807) is 7.05 Å². The zero-order chi connectivity index (χ0) is 18.4. The molecular formula is C20H24FN5. The van der Waals surface area contributed by atoms with Gasteiger partial charge in [0.15, 0.2) is 5.96 Å². The molecule has 0 saturated carbocycles. The third kappa shape index (κ3) is 4.39. The molecule has 0 bridgehead atoms. The van der Waals surface area contributed by atoms with Gasteiger partial charge in [-0.25, -0.2) is 4.39 Å². The quantitative estimate of drug-likeness (QED) is 0.471. The average Bonchev–Trinajstić information content (AvgIpc) is 3.04. The maximum absolute atomic E-state index is 13.3. The highest BCUT2D eigenvalue weighted by molar-refractivity contribution is 5.83. The van der Waals surface area contributed by atoms with Crippen molar-refractivity contribution in [2.24, 2.45) is 4.99 Å². The Morgan fingerprint density at radius 2 is 1.92 bits per heavy atom. The topological polar surface area (TPSA) is 65.1 Å². The molecule has 0 radical (unpaired) electrons. The standard InChI is InChI=1S/C20H24FN5/c1-14-12-23-8-5-15(14)6-9-24-20(22-2)25-10-7-16-13-26-19-11-17(21)3-4-18(16)19/h3-5,8,11-13,26H,6-7,9-10H2,1-2H3,(H2,22,24,25). The fraction of sp³-hybridized carbons (Fsp3) is 0.300. The molecule has 0 fully saturated rings. The van der Waals surface area contributed by atoms with Crippen LogP contribution in [0.1, 0.15) is 16.7 Å². The Kier molecular flexibility index (Phi) is 5.84. The Morgan fingerprint density at radius 1 is 1.15 bits per heavy atom. The van der Waals surface area contributed by atoms with Crippen molar-refractivity contribution in [2.45, 2.75) is 19.8 Å². The molecule has 0 amide bonds. The number of nitrogens with one attached hydrogen (secondary N) is 3. The van der Waals surface area contributed by atoms with Gasteiger partial charge in [0.1, 0.15) is 5.82 Å². The summed E-state index contributed by atoms with van der Waals surface area (Å²) in [5.41, 5.74) is 4.48. The third-order valence-electron chi connectivity index (χ3n) is 4.46. The number of guanidine groups is 1. The van der Waals surface area contributed by atoms with E-state index in [2.05, 4.69) is 32.5 Å². The van der Waals surface area contributed by atoms with Gasteiger partial charge in [-0.1, -0.05) is 0 Å². The van der Waals surface area contributed by atoms with E-state index in [0.29, 0.717) is 0 Å². The summed E-state index contributed by atoms with van der Waals surface area (Å²) >= 11 is 0. The summed E-state index contributed by atoms with van der Waals surface area (Å²) in [7, 11) is 1.77. The van der Waals surface area contributed by atoms with Gasteiger partial charge in [-0.3, -0.25) is 9.98 Å². The van der Waals surface area contributed by atoms with Crippen molar-refractivity contribution >= 4 is 16.9 Å². The van der Waals surface area contributed by atoms with Crippen molar-refractivity contribution in [3.8, 4) is 0 Å². The van der Waals surface area contributed by atoms with Gasteiger partial charge in [-0.2, -0.15) is 0 Å². The zero-order valence-electron chi connectivity index (χ0n) is 15.1. The summed E-state index contributed by atoms with van der Waals surface area (Å²) in [6.07, 6.45) is 7.39. The second-order valence-electron chi connectivity index (χ2n) is 6.23. The number of halogens is 1. The fourth-order valence-corrected chi connectivity index (χ4v) is 3.00. The lowest BCUT2D eigenvalue weighted by Crippen LogP contribution is -2.39. The smallest absolute Gasteiger partial charge is 0.190 e. The first-order chi connectivity index (χ1) is 12.7. The van der Waals surface area contributed by atoms with Crippen LogP contribution < -0.4 is 10.6 Å². The molecule has 3 rings (SSSR count). The van der Waals surface area contributed by atoms with Gasteiger partial charge in [0.05, 0.1) is 0 Å². The van der Waals surface area contributed by atoms with Crippen molar-refractivity contribution in [3.05, 3.63) is 65.4 Å². The van der Waals surface area contributed by atoms with Crippen molar-refractivity contribution in [1.29, 1.82) is 0 Å². The third-order valence-corrected chi connectivity index (χ3v) is 4.46. The molecule has 0 unspecified atom stereocenters.